The maximum Gasteiger partial charge on any atom is 0.161 e. The largest absolute Gasteiger partial charge is 0.313 e. The van der Waals surface area contributed by atoms with Crippen molar-refractivity contribution in [3.05, 3.63) is 35.1 Å². The highest BCUT2D eigenvalue weighted by molar-refractivity contribution is 5.22. The van der Waals surface area contributed by atoms with Crippen LogP contribution in [0.2, 0.25) is 0 Å². The normalized spacial score (nSPS) is 13.0. The van der Waals surface area contributed by atoms with Crippen LogP contribution in [0.3, 0.4) is 0 Å². The summed E-state index contributed by atoms with van der Waals surface area (Å²) in [6.07, 6.45) is 0. The standard InChI is InChI=1S/C9H10F3N/c1-5(13-2)6-3-8(11)9(12)4-7(6)10/h3-5,13H,1-2H3/t5-/m0/s1. The molecule has 1 aromatic rings. The van der Waals surface area contributed by atoms with Crippen LogP contribution in [0.1, 0.15) is 18.5 Å². The van der Waals surface area contributed by atoms with Gasteiger partial charge in [-0.1, -0.05) is 0 Å². The number of rotatable bonds is 2. The smallest absolute Gasteiger partial charge is 0.161 e. The minimum absolute atomic E-state index is 0.126. The molecule has 0 amide bonds. The van der Waals surface area contributed by atoms with Gasteiger partial charge in [0.1, 0.15) is 5.82 Å². The number of hydrogen-bond donors (Lipinski definition) is 1. The van der Waals surface area contributed by atoms with Gasteiger partial charge in [0.15, 0.2) is 11.6 Å². The molecule has 0 radical (unpaired) electrons. The first kappa shape index (κ1) is 10.1. The van der Waals surface area contributed by atoms with Crippen molar-refractivity contribution < 1.29 is 13.2 Å². The second kappa shape index (κ2) is 3.79. The molecular formula is C9H10F3N. The highest BCUT2D eigenvalue weighted by Crippen LogP contribution is 2.19. The molecule has 0 aliphatic rings. The van der Waals surface area contributed by atoms with Gasteiger partial charge in [-0.05, 0) is 20.0 Å². The monoisotopic (exact) mass is 189 g/mol. The highest BCUT2D eigenvalue weighted by Gasteiger charge is 2.13. The first-order valence-electron chi connectivity index (χ1n) is 3.88. The predicted octanol–water partition coefficient (Wildman–Crippen LogP) is 2.38. The van der Waals surface area contributed by atoms with Gasteiger partial charge in [-0.15, -0.1) is 0 Å². The van der Waals surface area contributed by atoms with E-state index in [2.05, 4.69) is 5.32 Å². The van der Waals surface area contributed by atoms with Gasteiger partial charge in [0.2, 0.25) is 0 Å². The molecule has 0 saturated heterocycles. The Morgan fingerprint density at radius 2 is 1.62 bits per heavy atom. The van der Waals surface area contributed by atoms with Crippen molar-refractivity contribution in [1.82, 2.24) is 5.32 Å². The highest BCUT2D eigenvalue weighted by atomic mass is 19.2. The van der Waals surface area contributed by atoms with Gasteiger partial charge in [-0.2, -0.15) is 0 Å². The van der Waals surface area contributed by atoms with E-state index in [1.165, 1.54) is 0 Å². The average Bonchev–Trinajstić information content (AvgIpc) is 2.10. The number of benzene rings is 1. The number of halogens is 3. The Labute approximate surface area is 74.6 Å². The second-order valence-electron chi connectivity index (χ2n) is 2.80. The first-order valence-corrected chi connectivity index (χ1v) is 3.88. The minimum atomic E-state index is -1.16. The first-order chi connectivity index (χ1) is 6.06. The minimum Gasteiger partial charge on any atom is -0.313 e. The third kappa shape index (κ3) is 2.01. The Hall–Kier alpha value is -1.03. The zero-order valence-corrected chi connectivity index (χ0v) is 7.37. The van der Waals surface area contributed by atoms with Crippen molar-refractivity contribution in [2.45, 2.75) is 13.0 Å². The van der Waals surface area contributed by atoms with Crippen molar-refractivity contribution in [3.8, 4) is 0 Å². The van der Waals surface area contributed by atoms with Crippen molar-refractivity contribution in [1.29, 1.82) is 0 Å². The average molecular weight is 189 g/mol. The van der Waals surface area contributed by atoms with Crippen LogP contribution >= 0.6 is 0 Å². The summed E-state index contributed by atoms with van der Waals surface area (Å²) in [6, 6.07) is 1.08. The number of nitrogens with one attached hydrogen (secondary N) is 1. The molecule has 0 bridgehead atoms. The molecule has 0 aliphatic carbocycles. The van der Waals surface area contributed by atoms with Crippen LogP contribution in [-0.4, -0.2) is 7.05 Å². The Morgan fingerprint density at radius 3 is 2.15 bits per heavy atom. The summed E-state index contributed by atoms with van der Waals surface area (Å²) in [5.41, 5.74) is 0.126. The van der Waals surface area contributed by atoms with Crippen LogP contribution in [0.25, 0.3) is 0 Å². The third-order valence-corrected chi connectivity index (χ3v) is 1.94. The van der Waals surface area contributed by atoms with Gasteiger partial charge < -0.3 is 5.32 Å². The quantitative estimate of drug-likeness (QED) is 0.704. The van der Waals surface area contributed by atoms with E-state index in [0.29, 0.717) is 6.07 Å². The molecule has 13 heavy (non-hydrogen) atoms. The second-order valence-corrected chi connectivity index (χ2v) is 2.80. The lowest BCUT2D eigenvalue weighted by Gasteiger charge is -2.11. The molecule has 1 aromatic carbocycles. The lowest BCUT2D eigenvalue weighted by atomic mass is 10.1. The zero-order valence-electron chi connectivity index (χ0n) is 7.37. The molecule has 1 nitrogen and oxygen atoms in total. The van der Waals surface area contributed by atoms with E-state index in [0.717, 1.165) is 6.07 Å². The topological polar surface area (TPSA) is 12.0 Å². The lowest BCUT2D eigenvalue weighted by molar-refractivity contribution is 0.480. The van der Waals surface area contributed by atoms with Gasteiger partial charge in [-0.3, -0.25) is 0 Å². The molecule has 0 aliphatic heterocycles. The van der Waals surface area contributed by atoms with E-state index < -0.39 is 17.5 Å². The summed E-state index contributed by atoms with van der Waals surface area (Å²) in [5, 5.41) is 2.74. The summed E-state index contributed by atoms with van der Waals surface area (Å²) >= 11 is 0. The summed E-state index contributed by atoms with van der Waals surface area (Å²) in [6.45, 7) is 1.66. The molecule has 1 N–H and O–H groups in total. The van der Waals surface area contributed by atoms with Crippen LogP contribution < -0.4 is 5.32 Å². The van der Waals surface area contributed by atoms with Crippen molar-refractivity contribution in [2.24, 2.45) is 0 Å². The molecule has 0 heterocycles. The maximum absolute atomic E-state index is 13.0. The SMILES string of the molecule is CN[C@@H](C)c1cc(F)c(F)cc1F. The molecule has 4 heteroatoms. The van der Waals surface area contributed by atoms with Crippen LogP contribution in [-0.2, 0) is 0 Å². The Kier molecular flexibility index (Phi) is 2.93. The summed E-state index contributed by atoms with van der Waals surface area (Å²) in [4.78, 5) is 0. The van der Waals surface area contributed by atoms with Gasteiger partial charge in [0.25, 0.3) is 0 Å². The predicted molar refractivity (Wildman–Crippen MR) is 43.8 cm³/mol. The van der Waals surface area contributed by atoms with E-state index in [4.69, 9.17) is 0 Å². The van der Waals surface area contributed by atoms with E-state index in [-0.39, 0.29) is 11.6 Å². The fourth-order valence-electron chi connectivity index (χ4n) is 1.03. The molecule has 1 rings (SSSR count). The fraction of sp³-hybridized carbons (Fsp3) is 0.333. The molecular weight excluding hydrogens is 179 g/mol. The summed E-state index contributed by atoms with van der Waals surface area (Å²) < 4.78 is 38.2. The zero-order chi connectivity index (χ0) is 10.0. The third-order valence-electron chi connectivity index (χ3n) is 1.94. The fourth-order valence-corrected chi connectivity index (χ4v) is 1.03. The van der Waals surface area contributed by atoms with E-state index >= 15 is 0 Å². The number of hydrogen-bond acceptors (Lipinski definition) is 1. The molecule has 0 saturated carbocycles. The Morgan fingerprint density at radius 1 is 1.08 bits per heavy atom. The summed E-state index contributed by atoms with van der Waals surface area (Å²) in [7, 11) is 1.62. The van der Waals surface area contributed by atoms with Crippen LogP contribution in [0, 0.1) is 17.5 Å². The van der Waals surface area contributed by atoms with Crippen LogP contribution in [0.4, 0.5) is 13.2 Å². The van der Waals surface area contributed by atoms with E-state index in [1.54, 1.807) is 14.0 Å². The summed E-state index contributed by atoms with van der Waals surface area (Å²) in [5.74, 6) is -2.93. The van der Waals surface area contributed by atoms with Crippen LogP contribution in [0.15, 0.2) is 12.1 Å². The molecule has 0 unspecified atom stereocenters. The molecule has 0 fully saturated rings. The molecule has 0 aromatic heterocycles. The molecule has 0 spiro atoms. The molecule has 72 valence electrons. The van der Waals surface area contributed by atoms with Crippen molar-refractivity contribution in [3.63, 3.8) is 0 Å². The van der Waals surface area contributed by atoms with E-state index in [1.807, 2.05) is 0 Å². The van der Waals surface area contributed by atoms with E-state index in [9.17, 15) is 13.2 Å². The van der Waals surface area contributed by atoms with Gasteiger partial charge >= 0.3 is 0 Å². The Balaban J connectivity index is 3.15. The van der Waals surface area contributed by atoms with Crippen LogP contribution in [0.5, 0.6) is 0 Å². The van der Waals surface area contributed by atoms with Crippen molar-refractivity contribution in [2.75, 3.05) is 7.05 Å². The Bertz CT molecular complexity index is 312. The lowest BCUT2D eigenvalue weighted by Crippen LogP contribution is -2.14. The van der Waals surface area contributed by atoms with Crippen molar-refractivity contribution >= 4 is 0 Å². The van der Waals surface area contributed by atoms with Gasteiger partial charge in [0.05, 0.1) is 0 Å². The molecule has 1 atom stereocenters. The van der Waals surface area contributed by atoms with Gasteiger partial charge in [0, 0.05) is 17.7 Å². The van der Waals surface area contributed by atoms with Gasteiger partial charge in [-0.25, -0.2) is 13.2 Å². The maximum atomic E-state index is 13.0.